The standard InChI is InChI=1S/C29H58N4O10.C2H6/c1-5-13-37-17-21-41-23-19-39-15-11-31-26(34)8-6-25(33-28(36)43-29(2,3)4)7-9-27(35)32-12-16-40-20-24-42-22-18-38-14-10-30;1-2/h25H,5-24,30H2,1-4H3,(H,31,34)(H,32,35)(H,33,36);1-2H3. The lowest BCUT2D eigenvalue weighted by Crippen LogP contribution is -2.40. The fourth-order valence-electron chi connectivity index (χ4n) is 3.39. The van der Waals surface area contributed by atoms with Crippen LogP contribution in [-0.2, 0) is 42.7 Å². The zero-order chi connectivity index (χ0) is 34.0. The van der Waals surface area contributed by atoms with E-state index in [1.165, 1.54) is 0 Å². The van der Waals surface area contributed by atoms with Crippen molar-refractivity contribution in [3.05, 3.63) is 0 Å². The summed E-state index contributed by atoms with van der Waals surface area (Å²) in [5.74, 6) is -0.343. The van der Waals surface area contributed by atoms with Crippen molar-refractivity contribution < 1.29 is 47.5 Å². The monoisotopic (exact) mass is 652 g/mol. The maximum Gasteiger partial charge on any atom is 0.407 e. The predicted octanol–water partition coefficient (Wildman–Crippen LogP) is 2.17. The number of hydrogen-bond donors (Lipinski definition) is 4. The second-order valence-electron chi connectivity index (χ2n) is 10.6. The SMILES string of the molecule is CC.CCCOCCOCCOCCNC(=O)CCC(CCC(=O)NCCOCCOCCOCCN)NC(=O)OC(C)(C)C. The molecule has 45 heavy (non-hydrogen) atoms. The Hall–Kier alpha value is -2.07. The molecule has 0 heterocycles. The first-order chi connectivity index (χ1) is 21.7. The minimum absolute atomic E-state index is 0.169. The third-order valence-corrected chi connectivity index (χ3v) is 5.40. The van der Waals surface area contributed by atoms with Gasteiger partial charge in [0.25, 0.3) is 0 Å². The highest BCUT2D eigenvalue weighted by Crippen LogP contribution is 2.10. The quantitative estimate of drug-likeness (QED) is 0.0871. The highest BCUT2D eigenvalue weighted by molar-refractivity contribution is 5.77. The normalized spacial score (nSPS) is 11.7. The van der Waals surface area contributed by atoms with E-state index >= 15 is 0 Å². The Morgan fingerprint density at radius 1 is 0.622 bits per heavy atom. The van der Waals surface area contributed by atoms with E-state index in [-0.39, 0.29) is 24.7 Å². The summed E-state index contributed by atoms with van der Waals surface area (Å²) in [6.45, 7) is 18.3. The van der Waals surface area contributed by atoms with Crippen LogP contribution in [0.4, 0.5) is 4.79 Å². The molecule has 1 atom stereocenters. The molecule has 0 fully saturated rings. The van der Waals surface area contributed by atoms with E-state index in [0.717, 1.165) is 13.0 Å². The van der Waals surface area contributed by atoms with E-state index in [9.17, 15) is 14.4 Å². The summed E-state index contributed by atoms with van der Waals surface area (Å²) >= 11 is 0. The van der Waals surface area contributed by atoms with Crippen LogP contribution in [0.3, 0.4) is 0 Å². The van der Waals surface area contributed by atoms with Crippen LogP contribution in [0.5, 0.6) is 0 Å². The third kappa shape index (κ3) is 36.3. The van der Waals surface area contributed by atoms with Crippen molar-refractivity contribution in [2.45, 2.75) is 85.3 Å². The summed E-state index contributed by atoms with van der Waals surface area (Å²) < 4.78 is 37.6. The van der Waals surface area contributed by atoms with E-state index < -0.39 is 17.7 Å². The number of alkyl carbamates (subject to hydrolysis) is 1. The van der Waals surface area contributed by atoms with Crippen molar-refractivity contribution in [1.29, 1.82) is 0 Å². The molecule has 0 radical (unpaired) electrons. The van der Waals surface area contributed by atoms with Crippen molar-refractivity contribution in [2.24, 2.45) is 5.73 Å². The molecule has 0 spiro atoms. The second kappa shape index (κ2) is 33.3. The van der Waals surface area contributed by atoms with Gasteiger partial charge in [0.2, 0.25) is 11.8 Å². The highest BCUT2D eigenvalue weighted by Gasteiger charge is 2.21. The lowest BCUT2D eigenvalue weighted by atomic mass is 10.1. The van der Waals surface area contributed by atoms with Crippen molar-refractivity contribution >= 4 is 17.9 Å². The predicted molar refractivity (Wildman–Crippen MR) is 173 cm³/mol. The molecule has 0 rings (SSSR count). The zero-order valence-electron chi connectivity index (χ0n) is 28.9. The molecule has 1 unspecified atom stereocenters. The number of nitrogens with two attached hydrogens (primary N) is 1. The molecule has 268 valence electrons. The van der Waals surface area contributed by atoms with E-state index in [1.807, 2.05) is 13.8 Å². The summed E-state index contributed by atoms with van der Waals surface area (Å²) in [6.07, 6.45) is 1.45. The molecule has 0 aliphatic rings. The van der Waals surface area contributed by atoms with Crippen molar-refractivity contribution in [3.8, 4) is 0 Å². The average Bonchev–Trinajstić information content (AvgIpc) is 3.00. The summed E-state index contributed by atoms with van der Waals surface area (Å²) in [5.41, 5.74) is 4.67. The van der Waals surface area contributed by atoms with Gasteiger partial charge >= 0.3 is 6.09 Å². The van der Waals surface area contributed by atoms with Gasteiger partial charge in [-0.3, -0.25) is 9.59 Å². The van der Waals surface area contributed by atoms with Crippen molar-refractivity contribution in [1.82, 2.24) is 16.0 Å². The number of ether oxygens (including phenoxy) is 7. The molecule has 0 saturated heterocycles. The van der Waals surface area contributed by atoms with Crippen LogP contribution in [0.25, 0.3) is 0 Å². The lowest BCUT2D eigenvalue weighted by molar-refractivity contribution is -0.121. The van der Waals surface area contributed by atoms with Crippen molar-refractivity contribution in [2.75, 3.05) is 98.9 Å². The fourth-order valence-corrected chi connectivity index (χ4v) is 3.39. The van der Waals surface area contributed by atoms with Crippen LogP contribution in [-0.4, -0.2) is 128 Å². The van der Waals surface area contributed by atoms with Crippen LogP contribution >= 0.6 is 0 Å². The maximum absolute atomic E-state index is 12.3. The van der Waals surface area contributed by atoms with Gasteiger partial charge in [-0.2, -0.15) is 0 Å². The molecule has 0 bridgehead atoms. The van der Waals surface area contributed by atoms with E-state index in [0.29, 0.717) is 105 Å². The van der Waals surface area contributed by atoms with Gasteiger partial charge in [0.1, 0.15) is 5.60 Å². The molecule has 5 N–H and O–H groups in total. The van der Waals surface area contributed by atoms with Crippen LogP contribution in [0.1, 0.15) is 73.6 Å². The fraction of sp³-hybridized carbons (Fsp3) is 0.903. The van der Waals surface area contributed by atoms with Crippen LogP contribution in [0.2, 0.25) is 0 Å². The van der Waals surface area contributed by atoms with Crippen molar-refractivity contribution in [3.63, 3.8) is 0 Å². The summed E-state index contributed by atoms with van der Waals surface area (Å²) in [4.78, 5) is 37.0. The minimum atomic E-state index is -0.666. The number of carbonyl (C=O) groups excluding carboxylic acids is 3. The van der Waals surface area contributed by atoms with Gasteiger partial charge in [-0.15, -0.1) is 0 Å². The van der Waals surface area contributed by atoms with Gasteiger partial charge in [0.15, 0.2) is 0 Å². The minimum Gasteiger partial charge on any atom is -0.444 e. The average molecular weight is 653 g/mol. The number of hydrogen-bond acceptors (Lipinski definition) is 11. The molecule has 0 aromatic rings. The molecule has 14 nitrogen and oxygen atoms in total. The Labute approximate surface area is 271 Å². The first kappa shape index (κ1) is 45.1. The van der Waals surface area contributed by atoms with Gasteiger partial charge < -0.3 is 54.8 Å². The maximum atomic E-state index is 12.3. The summed E-state index contributed by atoms with van der Waals surface area (Å²) in [7, 11) is 0. The Kier molecular flexibility index (Phi) is 33.3. The van der Waals surface area contributed by atoms with Gasteiger partial charge in [0.05, 0.1) is 72.7 Å². The molecule has 0 aromatic heterocycles. The van der Waals surface area contributed by atoms with Gasteiger partial charge in [-0.1, -0.05) is 20.8 Å². The van der Waals surface area contributed by atoms with Gasteiger partial charge in [-0.25, -0.2) is 4.79 Å². The smallest absolute Gasteiger partial charge is 0.407 e. The Morgan fingerprint density at radius 2 is 1.00 bits per heavy atom. The van der Waals surface area contributed by atoms with Crippen LogP contribution in [0, 0.1) is 0 Å². The first-order valence-corrected chi connectivity index (χ1v) is 16.4. The molecule has 0 saturated carbocycles. The molecular weight excluding hydrogens is 588 g/mol. The van der Waals surface area contributed by atoms with E-state index in [1.54, 1.807) is 20.8 Å². The molecule has 0 aliphatic carbocycles. The van der Waals surface area contributed by atoms with E-state index in [4.69, 9.17) is 38.9 Å². The number of nitrogens with one attached hydrogen (secondary N) is 3. The Bertz CT molecular complexity index is 654. The topological polar surface area (TPSA) is 178 Å². The van der Waals surface area contributed by atoms with E-state index in [2.05, 4.69) is 22.9 Å². The zero-order valence-corrected chi connectivity index (χ0v) is 28.9. The lowest BCUT2D eigenvalue weighted by Gasteiger charge is -2.23. The molecule has 0 aliphatic heterocycles. The summed E-state index contributed by atoms with van der Waals surface area (Å²) in [6, 6.07) is -0.414. The second-order valence-corrected chi connectivity index (χ2v) is 10.6. The Morgan fingerprint density at radius 3 is 1.38 bits per heavy atom. The summed E-state index contributed by atoms with van der Waals surface area (Å²) in [5, 5.41) is 8.38. The van der Waals surface area contributed by atoms with Crippen LogP contribution in [0.15, 0.2) is 0 Å². The molecular formula is C31H64N4O10. The first-order valence-electron chi connectivity index (χ1n) is 16.4. The van der Waals surface area contributed by atoms with Crippen LogP contribution < -0.4 is 21.7 Å². The number of rotatable bonds is 29. The number of amides is 3. The largest absolute Gasteiger partial charge is 0.444 e. The molecule has 0 aromatic carbocycles. The number of carbonyl (C=O) groups is 3. The molecule has 14 heteroatoms. The van der Waals surface area contributed by atoms with Gasteiger partial charge in [0, 0.05) is 45.1 Å². The third-order valence-electron chi connectivity index (χ3n) is 5.40. The molecule has 3 amide bonds. The Balaban J connectivity index is 0. The van der Waals surface area contributed by atoms with Gasteiger partial charge in [-0.05, 0) is 40.0 Å². The highest BCUT2D eigenvalue weighted by atomic mass is 16.6.